The zero-order chi connectivity index (χ0) is 11.1. The van der Waals surface area contributed by atoms with Crippen molar-refractivity contribution in [1.82, 2.24) is 9.97 Å². The van der Waals surface area contributed by atoms with Crippen molar-refractivity contribution in [3.8, 4) is 0 Å². The summed E-state index contributed by atoms with van der Waals surface area (Å²) in [6, 6.07) is 0. The maximum absolute atomic E-state index is 5.98. The van der Waals surface area contributed by atoms with Gasteiger partial charge in [-0.05, 0) is 44.2 Å². The van der Waals surface area contributed by atoms with E-state index in [0.717, 1.165) is 0 Å². The first-order valence-electron chi connectivity index (χ1n) is 4.95. The molecule has 0 unspecified atom stereocenters. The second kappa shape index (κ2) is 3.80. The fourth-order valence-corrected chi connectivity index (χ4v) is 1.92. The smallest absolute Gasteiger partial charge is 0.224 e. The highest BCUT2D eigenvalue weighted by molar-refractivity contribution is 6.33. The summed E-state index contributed by atoms with van der Waals surface area (Å²) in [6.07, 6.45) is 4.04. The van der Waals surface area contributed by atoms with Crippen LogP contribution in [0.15, 0.2) is 6.20 Å². The predicted octanol–water partition coefficient (Wildman–Crippen LogP) is 3.38. The van der Waals surface area contributed by atoms with Crippen LogP contribution in [0.1, 0.15) is 26.7 Å². The lowest BCUT2D eigenvalue weighted by Crippen LogP contribution is -2.33. The Bertz CT molecular complexity index is 375. The van der Waals surface area contributed by atoms with Gasteiger partial charge < -0.3 is 5.32 Å². The van der Waals surface area contributed by atoms with E-state index in [1.54, 1.807) is 0 Å². The second-order valence-electron chi connectivity index (χ2n) is 4.46. The van der Waals surface area contributed by atoms with Gasteiger partial charge in [-0.25, -0.2) is 4.98 Å². The van der Waals surface area contributed by atoms with Crippen molar-refractivity contribution in [2.24, 2.45) is 5.92 Å². The van der Waals surface area contributed by atoms with Crippen LogP contribution in [0.3, 0.4) is 0 Å². The van der Waals surface area contributed by atoms with Gasteiger partial charge in [0, 0.05) is 5.54 Å². The summed E-state index contributed by atoms with van der Waals surface area (Å²) in [7, 11) is 0. The average Bonchev–Trinajstić information content (AvgIpc) is 2.93. The zero-order valence-electron chi connectivity index (χ0n) is 8.72. The van der Waals surface area contributed by atoms with Gasteiger partial charge in [0.2, 0.25) is 5.28 Å². The maximum atomic E-state index is 5.98. The van der Waals surface area contributed by atoms with Crippen LogP contribution >= 0.6 is 23.2 Å². The molecule has 3 nitrogen and oxygen atoms in total. The van der Waals surface area contributed by atoms with Crippen LogP contribution in [0.25, 0.3) is 0 Å². The monoisotopic (exact) mass is 245 g/mol. The largest absolute Gasteiger partial charge is 0.364 e. The summed E-state index contributed by atoms with van der Waals surface area (Å²) in [5.74, 6) is 1.32. The first kappa shape index (κ1) is 11.0. The Labute approximate surface area is 99.2 Å². The van der Waals surface area contributed by atoms with Crippen molar-refractivity contribution in [3.05, 3.63) is 16.5 Å². The number of rotatable bonds is 3. The molecule has 1 fully saturated rings. The van der Waals surface area contributed by atoms with Crippen molar-refractivity contribution < 1.29 is 0 Å². The Balaban J connectivity index is 2.19. The van der Waals surface area contributed by atoms with E-state index >= 15 is 0 Å². The quantitative estimate of drug-likeness (QED) is 0.830. The van der Waals surface area contributed by atoms with E-state index in [9.17, 15) is 0 Å². The van der Waals surface area contributed by atoms with Crippen LogP contribution in [0.2, 0.25) is 10.3 Å². The van der Waals surface area contributed by atoms with Gasteiger partial charge in [-0.15, -0.1) is 0 Å². The van der Waals surface area contributed by atoms with E-state index in [0.29, 0.717) is 16.8 Å². The molecule has 1 heterocycles. The highest BCUT2D eigenvalue weighted by atomic mass is 35.5. The Morgan fingerprint density at radius 2 is 2.07 bits per heavy atom. The standard InChI is InChI=1S/C10H13Cl2N3/c1-10(2,6-3-4-6)15-8-7(11)5-13-9(12)14-8/h5-6H,3-4H2,1-2H3,(H,13,14,15). The van der Waals surface area contributed by atoms with Gasteiger partial charge in [0.05, 0.1) is 6.20 Å². The summed E-state index contributed by atoms with van der Waals surface area (Å²) >= 11 is 11.7. The Morgan fingerprint density at radius 1 is 1.40 bits per heavy atom. The Hall–Kier alpha value is -0.540. The molecular formula is C10H13Cl2N3. The molecule has 1 N–H and O–H groups in total. The maximum Gasteiger partial charge on any atom is 0.224 e. The molecule has 0 aromatic carbocycles. The fraction of sp³-hybridized carbons (Fsp3) is 0.600. The predicted molar refractivity (Wildman–Crippen MR) is 62.5 cm³/mol. The number of nitrogens with zero attached hydrogens (tertiary/aromatic N) is 2. The molecule has 0 amide bonds. The molecule has 5 heteroatoms. The van der Waals surface area contributed by atoms with Crippen LogP contribution in [-0.2, 0) is 0 Å². The molecule has 15 heavy (non-hydrogen) atoms. The minimum Gasteiger partial charge on any atom is -0.364 e. The van der Waals surface area contributed by atoms with E-state index in [-0.39, 0.29) is 10.8 Å². The normalized spacial score (nSPS) is 16.5. The van der Waals surface area contributed by atoms with Gasteiger partial charge in [-0.1, -0.05) is 11.6 Å². The van der Waals surface area contributed by atoms with Crippen LogP contribution in [-0.4, -0.2) is 15.5 Å². The fourth-order valence-electron chi connectivity index (χ4n) is 1.65. The third-order valence-corrected chi connectivity index (χ3v) is 3.21. The van der Waals surface area contributed by atoms with E-state index in [2.05, 4.69) is 29.1 Å². The molecule has 0 aliphatic heterocycles. The molecule has 2 rings (SSSR count). The third kappa shape index (κ3) is 2.52. The molecule has 82 valence electrons. The molecule has 1 aromatic rings. The number of hydrogen-bond acceptors (Lipinski definition) is 3. The summed E-state index contributed by atoms with van der Waals surface area (Å²) in [6.45, 7) is 4.30. The van der Waals surface area contributed by atoms with Gasteiger partial charge >= 0.3 is 0 Å². The van der Waals surface area contributed by atoms with Crippen LogP contribution in [0.5, 0.6) is 0 Å². The van der Waals surface area contributed by atoms with Crippen molar-refractivity contribution >= 4 is 29.0 Å². The van der Waals surface area contributed by atoms with Gasteiger partial charge in [-0.3, -0.25) is 0 Å². The van der Waals surface area contributed by atoms with E-state index in [4.69, 9.17) is 23.2 Å². The first-order chi connectivity index (χ1) is 6.99. The van der Waals surface area contributed by atoms with Crippen molar-refractivity contribution in [3.63, 3.8) is 0 Å². The highest BCUT2D eigenvalue weighted by Gasteiger charge is 2.38. The minimum atomic E-state index is 0.0152. The topological polar surface area (TPSA) is 37.8 Å². The van der Waals surface area contributed by atoms with Gasteiger partial charge in [0.1, 0.15) is 10.8 Å². The summed E-state index contributed by atoms with van der Waals surface area (Å²) in [5.41, 5.74) is 0.0152. The summed E-state index contributed by atoms with van der Waals surface area (Å²) in [5, 5.41) is 4.05. The molecule has 1 aliphatic carbocycles. The molecule has 1 saturated carbocycles. The Kier molecular flexibility index (Phi) is 2.77. The number of anilines is 1. The van der Waals surface area contributed by atoms with Crippen molar-refractivity contribution in [1.29, 1.82) is 0 Å². The molecule has 1 aliphatic rings. The first-order valence-corrected chi connectivity index (χ1v) is 5.71. The lowest BCUT2D eigenvalue weighted by Gasteiger charge is -2.27. The molecule has 0 saturated heterocycles. The van der Waals surface area contributed by atoms with E-state index in [1.165, 1.54) is 19.0 Å². The number of nitrogens with one attached hydrogen (secondary N) is 1. The van der Waals surface area contributed by atoms with Gasteiger partial charge in [-0.2, -0.15) is 4.98 Å². The van der Waals surface area contributed by atoms with Gasteiger partial charge in [0.25, 0.3) is 0 Å². The van der Waals surface area contributed by atoms with Crippen LogP contribution in [0, 0.1) is 5.92 Å². The summed E-state index contributed by atoms with van der Waals surface area (Å²) < 4.78 is 0. The lowest BCUT2D eigenvalue weighted by molar-refractivity contribution is 0.492. The van der Waals surface area contributed by atoms with Gasteiger partial charge in [0.15, 0.2) is 0 Å². The number of hydrogen-bond donors (Lipinski definition) is 1. The minimum absolute atomic E-state index is 0.0152. The van der Waals surface area contributed by atoms with Crippen molar-refractivity contribution in [2.45, 2.75) is 32.2 Å². The molecule has 0 spiro atoms. The lowest BCUT2D eigenvalue weighted by atomic mass is 9.99. The SMILES string of the molecule is CC(C)(Nc1nc(Cl)ncc1Cl)C1CC1. The van der Waals surface area contributed by atoms with Crippen LogP contribution in [0.4, 0.5) is 5.82 Å². The summed E-state index contributed by atoms with van der Waals surface area (Å²) in [4.78, 5) is 7.89. The van der Waals surface area contributed by atoms with Crippen molar-refractivity contribution in [2.75, 3.05) is 5.32 Å². The Morgan fingerprint density at radius 3 is 2.67 bits per heavy atom. The molecule has 0 bridgehead atoms. The molecular weight excluding hydrogens is 233 g/mol. The van der Waals surface area contributed by atoms with E-state index in [1.807, 2.05) is 0 Å². The number of halogens is 2. The number of aromatic nitrogens is 2. The van der Waals surface area contributed by atoms with Crippen LogP contribution < -0.4 is 5.32 Å². The second-order valence-corrected chi connectivity index (χ2v) is 5.20. The highest BCUT2D eigenvalue weighted by Crippen LogP contribution is 2.41. The average molecular weight is 246 g/mol. The molecule has 0 radical (unpaired) electrons. The third-order valence-electron chi connectivity index (χ3n) is 2.75. The zero-order valence-corrected chi connectivity index (χ0v) is 10.2. The molecule has 0 atom stereocenters. The molecule has 1 aromatic heterocycles. The van der Waals surface area contributed by atoms with E-state index < -0.39 is 0 Å².